The number of esters is 1. The number of ether oxygens (including phenoxy) is 3. The monoisotopic (exact) mass is 505 g/mol. The van der Waals surface area contributed by atoms with Crippen molar-refractivity contribution >= 4 is 27.5 Å². The summed E-state index contributed by atoms with van der Waals surface area (Å²) in [5.74, 6) is 0.987. The van der Waals surface area contributed by atoms with Gasteiger partial charge in [-0.25, -0.2) is 0 Å². The van der Waals surface area contributed by atoms with Crippen LogP contribution < -0.4 is 9.47 Å². The van der Waals surface area contributed by atoms with Gasteiger partial charge in [0.1, 0.15) is 11.5 Å². The predicted molar refractivity (Wildman–Crippen MR) is 144 cm³/mol. The SMILES string of the molecule is COC(=O)C(N=[N+]=[N-])C(O)c1ccc(Oc2ccc3ccccc3c2)c(Oc2ccc3ccccc3c2)c1. The van der Waals surface area contributed by atoms with E-state index in [0.29, 0.717) is 23.0 Å². The van der Waals surface area contributed by atoms with Gasteiger partial charge in [0, 0.05) is 4.91 Å². The van der Waals surface area contributed by atoms with Gasteiger partial charge in [-0.3, -0.25) is 4.79 Å². The molecule has 0 aliphatic carbocycles. The molecule has 188 valence electrons. The van der Waals surface area contributed by atoms with Gasteiger partial charge in [0.15, 0.2) is 17.5 Å². The summed E-state index contributed by atoms with van der Waals surface area (Å²) in [4.78, 5) is 14.8. The van der Waals surface area contributed by atoms with E-state index in [9.17, 15) is 9.90 Å². The van der Waals surface area contributed by atoms with Crippen LogP contribution in [0, 0.1) is 0 Å². The number of carbonyl (C=O) groups excluding carboxylic acids is 1. The van der Waals surface area contributed by atoms with Crippen molar-refractivity contribution in [2.45, 2.75) is 12.1 Å². The molecular weight excluding hydrogens is 482 g/mol. The minimum absolute atomic E-state index is 0.287. The van der Waals surface area contributed by atoms with E-state index in [1.165, 1.54) is 0 Å². The fourth-order valence-corrected chi connectivity index (χ4v) is 4.19. The Labute approximate surface area is 218 Å². The zero-order valence-corrected chi connectivity index (χ0v) is 20.4. The Morgan fingerprint density at radius 3 is 1.87 bits per heavy atom. The van der Waals surface area contributed by atoms with Crippen molar-refractivity contribution in [2.75, 3.05) is 7.11 Å². The van der Waals surface area contributed by atoms with Crippen molar-refractivity contribution in [2.24, 2.45) is 5.11 Å². The van der Waals surface area contributed by atoms with Crippen LogP contribution in [0.4, 0.5) is 0 Å². The number of fused-ring (bicyclic) bond motifs is 2. The number of methoxy groups -OCH3 is 1. The van der Waals surface area contributed by atoms with Crippen molar-refractivity contribution in [3.05, 3.63) is 119 Å². The molecule has 0 radical (unpaired) electrons. The van der Waals surface area contributed by atoms with E-state index >= 15 is 0 Å². The largest absolute Gasteiger partial charge is 0.469 e. The molecule has 5 aromatic carbocycles. The lowest BCUT2D eigenvalue weighted by molar-refractivity contribution is -0.144. The highest BCUT2D eigenvalue weighted by atomic mass is 16.5. The minimum atomic E-state index is -1.47. The maximum absolute atomic E-state index is 12.1. The Bertz CT molecular complexity index is 1680. The van der Waals surface area contributed by atoms with Gasteiger partial charge in [-0.05, 0) is 69.0 Å². The number of nitrogens with zero attached hydrogens (tertiary/aromatic N) is 3. The average Bonchev–Trinajstić information content (AvgIpc) is 2.96. The number of carbonyl (C=O) groups is 1. The highest BCUT2D eigenvalue weighted by Gasteiger charge is 2.29. The Hall–Kier alpha value is -5.04. The highest BCUT2D eigenvalue weighted by molar-refractivity contribution is 5.84. The lowest BCUT2D eigenvalue weighted by Gasteiger charge is -2.19. The van der Waals surface area contributed by atoms with E-state index in [4.69, 9.17) is 19.7 Å². The van der Waals surface area contributed by atoms with E-state index in [1.54, 1.807) is 18.2 Å². The maximum Gasteiger partial charge on any atom is 0.317 e. The molecule has 8 heteroatoms. The molecule has 0 spiro atoms. The molecule has 0 amide bonds. The molecule has 5 rings (SSSR count). The Morgan fingerprint density at radius 2 is 1.32 bits per heavy atom. The molecule has 2 atom stereocenters. The van der Waals surface area contributed by atoms with Gasteiger partial charge in [0.25, 0.3) is 0 Å². The quantitative estimate of drug-likeness (QED) is 0.102. The van der Waals surface area contributed by atoms with Gasteiger partial charge < -0.3 is 19.3 Å². The number of hydrogen-bond donors (Lipinski definition) is 1. The number of benzene rings is 5. The number of hydrogen-bond acceptors (Lipinski definition) is 6. The van der Waals surface area contributed by atoms with Crippen LogP contribution in [0.1, 0.15) is 11.7 Å². The number of azide groups is 1. The summed E-state index contributed by atoms with van der Waals surface area (Å²) in [6.07, 6.45) is -1.47. The van der Waals surface area contributed by atoms with Crippen LogP contribution in [0.5, 0.6) is 23.0 Å². The van der Waals surface area contributed by atoms with Crippen LogP contribution in [0.2, 0.25) is 0 Å². The van der Waals surface area contributed by atoms with Crippen LogP contribution in [-0.4, -0.2) is 24.2 Å². The van der Waals surface area contributed by atoms with Crippen molar-refractivity contribution in [3.63, 3.8) is 0 Å². The van der Waals surface area contributed by atoms with Crippen LogP contribution >= 0.6 is 0 Å². The summed E-state index contributed by atoms with van der Waals surface area (Å²) in [7, 11) is 1.16. The van der Waals surface area contributed by atoms with Gasteiger partial charge in [-0.15, -0.1) is 0 Å². The van der Waals surface area contributed by atoms with Gasteiger partial charge in [-0.2, -0.15) is 0 Å². The molecule has 0 fully saturated rings. The van der Waals surface area contributed by atoms with Crippen molar-refractivity contribution < 1.29 is 24.1 Å². The minimum Gasteiger partial charge on any atom is -0.469 e. The zero-order valence-electron chi connectivity index (χ0n) is 20.4. The first kappa shape index (κ1) is 24.6. The van der Waals surface area contributed by atoms with Gasteiger partial charge in [0.2, 0.25) is 0 Å². The molecule has 2 unspecified atom stereocenters. The molecule has 0 heterocycles. The Morgan fingerprint density at radius 1 is 0.763 bits per heavy atom. The summed E-state index contributed by atoms with van der Waals surface area (Å²) in [6.45, 7) is 0. The molecule has 0 aliphatic rings. The third-order valence-electron chi connectivity index (χ3n) is 6.12. The van der Waals surface area contributed by atoms with E-state index in [1.807, 2.05) is 84.9 Å². The molecule has 0 aliphatic heterocycles. The van der Waals surface area contributed by atoms with E-state index < -0.39 is 18.1 Å². The predicted octanol–water partition coefficient (Wildman–Crippen LogP) is 7.46. The maximum atomic E-state index is 12.1. The van der Waals surface area contributed by atoms with Crippen molar-refractivity contribution in [1.29, 1.82) is 0 Å². The lowest BCUT2D eigenvalue weighted by atomic mass is 10.0. The van der Waals surface area contributed by atoms with Gasteiger partial charge >= 0.3 is 5.97 Å². The molecule has 0 aromatic heterocycles. The van der Waals surface area contributed by atoms with Gasteiger partial charge in [-0.1, -0.05) is 71.8 Å². The first-order valence-corrected chi connectivity index (χ1v) is 11.8. The third-order valence-corrected chi connectivity index (χ3v) is 6.12. The van der Waals surface area contributed by atoms with E-state index in [2.05, 4.69) is 10.0 Å². The Kier molecular flexibility index (Phi) is 7.08. The fraction of sp³-hybridized carbons (Fsp3) is 0.100. The number of aliphatic hydroxyl groups excluding tert-OH is 1. The molecule has 1 N–H and O–H groups in total. The second-order valence-corrected chi connectivity index (χ2v) is 8.55. The summed E-state index contributed by atoms with van der Waals surface area (Å²) in [5.41, 5.74) is 9.18. The fourth-order valence-electron chi connectivity index (χ4n) is 4.19. The zero-order chi connectivity index (χ0) is 26.5. The molecule has 8 nitrogen and oxygen atoms in total. The molecule has 5 aromatic rings. The molecular formula is C30H23N3O5. The van der Waals surface area contributed by atoms with Crippen LogP contribution in [0.15, 0.2) is 108 Å². The number of rotatable bonds is 8. The highest BCUT2D eigenvalue weighted by Crippen LogP contribution is 2.39. The average molecular weight is 506 g/mol. The van der Waals surface area contributed by atoms with Crippen LogP contribution in [-0.2, 0) is 9.53 Å². The topological polar surface area (TPSA) is 114 Å². The van der Waals surface area contributed by atoms with Crippen LogP contribution in [0.3, 0.4) is 0 Å². The van der Waals surface area contributed by atoms with E-state index in [-0.39, 0.29) is 5.56 Å². The third kappa shape index (κ3) is 5.22. The smallest absolute Gasteiger partial charge is 0.317 e. The molecule has 38 heavy (non-hydrogen) atoms. The van der Waals surface area contributed by atoms with E-state index in [0.717, 1.165) is 28.7 Å². The van der Waals surface area contributed by atoms with Crippen LogP contribution in [0.25, 0.3) is 32.0 Å². The summed E-state index contributed by atoms with van der Waals surface area (Å²) >= 11 is 0. The second-order valence-electron chi connectivity index (χ2n) is 8.55. The lowest BCUT2D eigenvalue weighted by Crippen LogP contribution is -2.27. The summed E-state index contributed by atoms with van der Waals surface area (Å²) in [6, 6.07) is 30.6. The second kappa shape index (κ2) is 10.9. The summed E-state index contributed by atoms with van der Waals surface area (Å²) in [5, 5.41) is 18.5. The molecule has 0 saturated heterocycles. The summed E-state index contributed by atoms with van der Waals surface area (Å²) < 4.78 is 17.1. The normalized spacial score (nSPS) is 12.4. The first-order chi connectivity index (χ1) is 18.6. The van der Waals surface area contributed by atoms with Crippen molar-refractivity contribution in [1.82, 2.24) is 0 Å². The Balaban J connectivity index is 1.54. The molecule has 0 saturated carbocycles. The standard InChI is InChI=1S/C30H23N3O5/c1-36-30(35)28(32-33-31)29(34)23-12-15-26(37-24-13-10-19-6-2-4-8-21(19)16-24)27(18-23)38-25-14-11-20-7-3-5-9-22(20)17-25/h2-18,28-29,34H,1H3. The van der Waals surface area contributed by atoms with Gasteiger partial charge in [0.05, 0.1) is 13.2 Å². The molecule has 0 bridgehead atoms. The number of aliphatic hydroxyl groups is 1. The first-order valence-electron chi connectivity index (χ1n) is 11.8. The van der Waals surface area contributed by atoms with Crippen molar-refractivity contribution in [3.8, 4) is 23.0 Å².